The number of non-ortho nitro benzene ring substituents is 1. The molecule has 0 radical (unpaired) electrons. The molecular formula is C19H14Cl2N2O3Zr. The normalized spacial score (nSPS) is 10.1. The molecule has 0 aliphatic rings. The summed E-state index contributed by atoms with van der Waals surface area (Å²) in [5.41, 5.74) is 2.00. The van der Waals surface area contributed by atoms with Crippen molar-refractivity contribution in [2.75, 3.05) is 0 Å². The molecular weight excluding hydrogens is 466 g/mol. The second kappa shape index (κ2) is 11.0. The van der Waals surface area contributed by atoms with Gasteiger partial charge in [0.1, 0.15) is 5.75 Å². The van der Waals surface area contributed by atoms with E-state index in [1.807, 2.05) is 48.5 Å². The number of phenols is 1. The second-order valence-electron chi connectivity index (χ2n) is 5.22. The zero-order valence-electron chi connectivity index (χ0n) is 13.9. The third-order valence-corrected chi connectivity index (χ3v) is 3.53. The van der Waals surface area contributed by atoms with Crippen LogP contribution < -0.4 is 0 Å². The number of nitro benzene ring substituents is 1. The van der Waals surface area contributed by atoms with Gasteiger partial charge in [-0.1, -0.05) is 48.5 Å². The standard InChI is InChI=1S/C19H14N2O3.2ClH.Zr/c22-19-15(13-20-16-9-5-2-6-10-16)11-17(21(23)24)12-18(19)14-7-3-1-4-8-14;;;/h1-13,22H;2*1H;/q;;;+2/p-2. The molecule has 0 aliphatic carbocycles. The number of rotatable bonds is 4. The SMILES string of the molecule is O=[N+]([O-])c1cc(C=Nc2ccccc2)c(O)c(-c2ccccc2)c1.[Cl][Zr][Cl]. The Morgan fingerprint density at radius 2 is 1.56 bits per heavy atom. The summed E-state index contributed by atoms with van der Waals surface area (Å²) in [7, 11) is 9.87. The first-order chi connectivity index (χ1) is 13.1. The van der Waals surface area contributed by atoms with Gasteiger partial charge in [0.05, 0.1) is 10.6 Å². The minimum atomic E-state index is -0.826. The van der Waals surface area contributed by atoms with E-state index in [9.17, 15) is 15.2 Å². The van der Waals surface area contributed by atoms with Crippen molar-refractivity contribution in [2.45, 2.75) is 0 Å². The molecule has 136 valence electrons. The van der Waals surface area contributed by atoms with Gasteiger partial charge >= 0.3 is 37.9 Å². The van der Waals surface area contributed by atoms with E-state index >= 15 is 0 Å². The van der Waals surface area contributed by atoms with Gasteiger partial charge in [-0.3, -0.25) is 15.1 Å². The summed E-state index contributed by atoms with van der Waals surface area (Å²) in [6.45, 7) is 0. The van der Waals surface area contributed by atoms with Crippen LogP contribution in [-0.4, -0.2) is 16.2 Å². The predicted molar refractivity (Wildman–Crippen MR) is 106 cm³/mol. The average Bonchev–Trinajstić information content (AvgIpc) is 2.69. The summed E-state index contributed by atoms with van der Waals surface area (Å²) in [4.78, 5) is 15.0. The van der Waals surface area contributed by atoms with Crippen molar-refractivity contribution >= 4 is 34.6 Å². The Bertz CT molecular complexity index is 923. The number of nitro groups is 1. The number of para-hydroxylation sites is 1. The molecule has 0 fully saturated rings. The molecule has 0 aromatic heterocycles. The summed E-state index contributed by atoms with van der Waals surface area (Å²) < 4.78 is 0. The fourth-order valence-electron chi connectivity index (χ4n) is 2.34. The number of halogens is 2. The topological polar surface area (TPSA) is 75.7 Å². The van der Waals surface area contributed by atoms with Gasteiger partial charge < -0.3 is 5.11 Å². The second-order valence-corrected chi connectivity index (χ2v) is 8.95. The van der Waals surface area contributed by atoms with Crippen LogP contribution in [0.4, 0.5) is 11.4 Å². The molecule has 1 N–H and O–H groups in total. The van der Waals surface area contributed by atoms with Crippen molar-refractivity contribution in [3.05, 3.63) is 88.5 Å². The molecule has 3 aromatic carbocycles. The van der Waals surface area contributed by atoms with Crippen LogP contribution in [0.1, 0.15) is 5.56 Å². The van der Waals surface area contributed by atoms with E-state index in [-0.39, 0.29) is 11.4 Å². The summed E-state index contributed by atoms with van der Waals surface area (Å²) in [6, 6.07) is 20.9. The molecule has 8 heteroatoms. The number of aromatic hydroxyl groups is 1. The molecule has 0 heterocycles. The van der Waals surface area contributed by atoms with E-state index in [0.717, 1.165) is 0 Å². The van der Waals surface area contributed by atoms with Crippen LogP contribution in [-0.2, 0) is 20.8 Å². The van der Waals surface area contributed by atoms with Gasteiger partial charge in [0.2, 0.25) is 0 Å². The van der Waals surface area contributed by atoms with Crippen molar-refractivity contribution < 1.29 is 30.9 Å². The van der Waals surface area contributed by atoms with Crippen LogP contribution >= 0.6 is 17.0 Å². The van der Waals surface area contributed by atoms with E-state index in [2.05, 4.69) is 4.99 Å². The number of hydrogen-bond acceptors (Lipinski definition) is 4. The van der Waals surface area contributed by atoms with Gasteiger partial charge in [0.15, 0.2) is 0 Å². The fourth-order valence-corrected chi connectivity index (χ4v) is 2.34. The molecule has 3 aromatic rings. The zero-order valence-corrected chi connectivity index (χ0v) is 17.9. The number of nitrogens with zero attached hydrogens (tertiary/aromatic N) is 2. The Hall–Kier alpha value is -2.01. The first-order valence-corrected chi connectivity index (χ1v) is 14.0. The van der Waals surface area contributed by atoms with Crippen LogP contribution in [0, 0.1) is 10.1 Å². The van der Waals surface area contributed by atoms with Crippen molar-refractivity contribution in [3.8, 4) is 16.9 Å². The van der Waals surface area contributed by atoms with E-state index in [4.69, 9.17) is 17.0 Å². The van der Waals surface area contributed by atoms with Crippen LogP contribution in [0.15, 0.2) is 77.8 Å². The van der Waals surface area contributed by atoms with Gasteiger partial charge in [0, 0.05) is 29.5 Å². The van der Waals surface area contributed by atoms with Crippen molar-refractivity contribution in [1.82, 2.24) is 0 Å². The molecule has 0 bridgehead atoms. The van der Waals surface area contributed by atoms with Gasteiger partial charge in [0.25, 0.3) is 5.69 Å². The average molecular weight is 480 g/mol. The maximum atomic E-state index is 11.2. The van der Waals surface area contributed by atoms with E-state index in [1.165, 1.54) is 18.3 Å². The molecule has 27 heavy (non-hydrogen) atoms. The third kappa shape index (κ3) is 6.28. The third-order valence-electron chi connectivity index (χ3n) is 3.53. The molecule has 0 saturated carbocycles. The summed E-state index contributed by atoms with van der Waals surface area (Å²) >= 11 is -0.826. The van der Waals surface area contributed by atoms with Crippen molar-refractivity contribution in [1.29, 1.82) is 0 Å². The molecule has 0 saturated heterocycles. The minimum absolute atomic E-state index is 0.0357. The first kappa shape index (κ1) is 21.3. The Morgan fingerprint density at radius 3 is 2.11 bits per heavy atom. The Morgan fingerprint density at radius 1 is 1.00 bits per heavy atom. The number of aliphatic imine (C=N–C) groups is 1. The van der Waals surface area contributed by atoms with Crippen LogP contribution in [0.2, 0.25) is 0 Å². The maximum absolute atomic E-state index is 11.2. The molecule has 0 spiro atoms. The van der Waals surface area contributed by atoms with Crippen molar-refractivity contribution in [3.63, 3.8) is 0 Å². The van der Waals surface area contributed by atoms with E-state index in [0.29, 0.717) is 22.4 Å². The summed E-state index contributed by atoms with van der Waals surface area (Å²) in [5.74, 6) is -0.0357. The molecule has 0 amide bonds. The molecule has 3 rings (SSSR count). The van der Waals surface area contributed by atoms with Crippen molar-refractivity contribution in [2.24, 2.45) is 4.99 Å². The quantitative estimate of drug-likeness (QED) is 0.279. The zero-order chi connectivity index (χ0) is 19.6. The number of benzene rings is 3. The predicted octanol–water partition coefficient (Wildman–Crippen LogP) is 6.09. The Labute approximate surface area is 175 Å². The van der Waals surface area contributed by atoms with Crippen LogP contribution in [0.25, 0.3) is 11.1 Å². The van der Waals surface area contributed by atoms with Crippen LogP contribution in [0.3, 0.4) is 0 Å². The Kier molecular flexibility index (Phi) is 8.66. The van der Waals surface area contributed by atoms with Gasteiger partial charge in [-0.05, 0) is 17.7 Å². The molecule has 0 atom stereocenters. The van der Waals surface area contributed by atoms with Gasteiger partial charge in [-0.15, -0.1) is 0 Å². The van der Waals surface area contributed by atoms with E-state index < -0.39 is 25.8 Å². The monoisotopic (exact) mass is 478 g/mol. The first-order valence-electron chi connectivity index (χ1n) is 7.69. The molecule has 0 unspecified atom stereocenters. The van der Waals surface area contributed by atoms with Gasteiger partial charge in [-0.2, -0.15) is 0 Å². The summed E-state index contributed by atoms with van der Waals surface area (Å²) in [6.07, 6.45) is 1.43. The number of phenolic OH excluding ortho intramolecular Hbond substituents is 1. The van der Waals surface area contributed by atoms with Crippen LogP contribution in [0.5, 0.6) is 5.75 Å². The van der Waals surface area contributed by atoms with E-state index in [1.54, 1.807) is 12.1 Å². The number of hydrogen-bond donors (Lipinski definition) is 1. The van der Waals surface area contributed by atoms with Gasteiger partial charge in [-0.25, -0.2) is 0 Å². The molecule has 0 aliphatic heterocycles. The molecule has 5 nitrogen and oxygen atoms in total. The summed E-state index contributed by atoms with van der Waals surface area (Å²) in [5, 5.41) is 21.7. The Balaban J connectivity index is 0.000000817. The fraction of sp³-hybridized carbons (Fsp3) is 0.